The van der Waals surface area contributed by atoms with Gasteiger partial charge < -0.3 is 0 Å². The molecule has 0 fully saturated rings. The topological polar surface area (TPSA) is 103 Å². The van der Waals surface area contributed by atoms with Gasteiger partial charge in [0.05, 0.1) is 0 Å². The Morgan fingerprint density at radius 1 is 1.00 bits per heavy atom. The molecule has 0 atom stereocenters. The van der Waals surface area contributed by atoms with Crippen LogP contribution in [0.5, 0.6) is 0 Å². The van der Waals surface area contributed by atoms with Crippen molar-refractivity contribution in [3.05, 3.63) is 78.1 Å². The van der Waals surface area contributed by atoms with Crippen molar-refractivity contribution in [3.63, 3.8) is 0 Å². The monoisotopic (exact) mass is 451 g/mol. The quantitative estimate of drug-likeness (QED) is 0.433. The van der Waals surface area contributed by atoms with Crippen molar-refractivity contribution < 1.29 is 9.59 Å². The van der Waals surface area contributed by atoms with Gasteiger partial charge in [0, 0.05) is 0 Å². The molecule has 8 heteroatoms. The number of nitrogens with one attached hydrogen (secondary N) is 1. The molecule has 0 spiro atoms. The van der Waals surface area contributed by atoms with E-state index >= 15 is 0 Å². The number of amides is 2. The number of carbonyl (C=O) groups excluding carboxylic acids is 2. The van der Waals surface area contributed by atoms with Crippen LogP contribution in [0.4, 0.5) is 0 Å². The maximum atomic E-state index is 12.4. The second kappa shape index (κ2) is 7.87. The predicted octanol–water partition coefficient (Wildman–Crippen LogP) is 0.534. The third-order valence-corrected chi connectivity index (χ3v) is 6.68. The molecule has 0 saturated heterocycles. The van der Waals surface area contributed by atoms with Crippen molar-refractivity contribution in [1.82, 2.24) is 19.9 Å². The van der Waals surface area contributed by atoms with Crippen molar-refractivity contribution in [2.24, 2.45) is 5.73 Å². The van der Waals surface area contributed by atoms with Gasteiger partial charge in [0.1, 0.15) is 0 Å². The molecule has 4 aromatic rings. The van der Waals surface area contributed by atoms with Gasteiger partial charge in [0.15, 0.2) is 0 Å². The molecule has 2 aromatic heterocycles. The summed E-state index contributed by atoms with van der Waals surface area (Å²) in [5.41, 5.74) is 7.45. The molecule has 2 heterocycles. The number of carbonyl (C=O) groups is 2. The fraction of sp³-hybridized carbons (Fsp3) is 0.0476. The number of hydrogen-bond donors (Lipinski definition) is 2. The zero-order chi connectivity index (χ0) is 20.4. The van der Waals surface area contributed by atoms with Crippen molar-refractivity contribution in [3.8, 4) is 5.95 Å². The molecular formula is C21H17N5O2Se. The summed E-state index contributed by atoms with van der Waals surface area (Å²) in [6.45, 7) is 0. The summed E-state index contributed by atoms with van der Waals surface area (Å²) in [5.74, 6) is -0.129. The molecule has 0 unspecified atom stereocenters. The Morgan fingerprint density at radius 3 is 2.45 bits per heavy atom. The summed E-state index contributed by atoms with van der Waals surface area (Å²) in [5, 5.41) is 3.48. The average molecular weight is 450 g/mol. The van der Waals surface area contributed by atoms with E-state index in [1.54, 1.807) is 43.7 Å². The first-order valence-electron chi connectivity index (χ1n) is 8.80. The minimum absolute atomic E-state index is 0.168. The molecule has 2 aromatic carbocycles. The molecule has 0 bridgehead atoms. The minimum atomic E-state index is -0.466. The second-order valence-electron chi connectivity index (χ2n) is 6.15. The van der Waals surface area contributed by atoms with Crippen LogP contribution in [0, 0.1) is 0 Å². The molecular weight excluding hydrogens is 433 g/mol. The van der Waals surface area contributed by atoms with Crippen LogP contribution in [0.1, 0.15) is 20.7 Å². The van der Waals surface area contributed by atoms with Gasteiger partial charge in [-0.1, -0.05) is 0 Å². The van der Waals surface area contributed by atoms with E-state index in [1.807, 2.05) is 34.9 Å². The number of aromatic nitrogens is 3. The predicted molar refractivity (Wildman–Crippen MR) is 112 cm³/mol. The summed E-state index contributed by atoms with van der Waals surface area (Å²) in [6.07, 6.45) is 3.34. The summed E-state index contributed by atoms with van der Waals surface area (Å²) < 4.78 is 3.69. The van der Waals surface area contributed by atoms with Gasteiger partial charge in [-0.05, 0) is 0 Å². The number of nitrogens with two attached hydrogens (primary N) is 1. The van der Waals surface area contributed by atoms with Crippen LogP contribution in [0.3, 0.4) is 0 Å². The maximum absolute atomic E-state index is 12.4. The number of benzene rings is 2. The van der Waals surface area contributed by atoms with E-state index in [4.69, 9.17) is 5.73 Å². The van der Waals surface area contributed by atoms with Crippen molar-refractivity contribution in [1.29, 1.82) is 0 Å². The summed E-state index contributed by atoms with van der Waals surface area (Å²) in [6, 6.07) is 16.6. The molecule has 4 rings (SSSR count). The third-order valence-electron chi connectivity index (χ3n) is 4.40. The zero-order valence-electron chi connectivity index (χ0n) is 15.5. The van der Waals surface area contributed by atoms with Gasteiger partial charge in [-0.3, -0.25) is 0 Å². The van der Waals surface area contributed by atoms with Gasteiger partial charge in [-0.15, -0.1) is 0 Å². The van der Waals surface area contributed by atoms with Crippen LogP contribution in [0.25, 0.3) is 16.9 Å². The first-order valence-corrected chi connectivity index (χ1v) is 10.5. The van der Waals surface area contributed by atoms with Crippen LogP contribution in [-0.4, -0.2) is 48.4 Å². The third kappa shape index (κ3) is 3.51. The Balaban J connectivity index is 1.96. The van der Waals surface area contributed by atoms with Gasteiger partial charge in [0.25, 0.3) is 0 Å². The van der Waals surface area contributed by atoms with Gasteiger partial charge in [-0.2, -0.15) is 0 Å². The van der Waals surface area contributed by atoms with E-state index in [0.717, 1.165) is 20.0 Å². The van der Waals surface area contributed by atoms with Crippen LogP contribution in [0.15, 0.2) is 67.0 Å². The van der Waals surface area contributed by atoms with Crippen LogP contribution in [-0.2, 0) is 0 Å². The van der Waals surface area contributed by atoms with E-state index in [2.05, 4.69) is 15.3 Å². The van der Waals surface area contributed by atoms with Crippen LogP contribution < -0.4 is 20.1 Å². The van der Waals surface area contributed by atoms with Crippen LogP contribution in [0.2, 0.25) is 0 Å². The molecule has 29 heavy (non-hydrogen) atoms. The number of rotatable bonds is 5. The summed E-state index contributed by atoms with van der Waals surface area (Å²) in [4.78, 5) is 33.0. The Bertz CT molecular complexity index is 1220. The fourth-order valence-electron chi connectivity index (χ4n) is 3.10. The molecule has 0 aliphatic rings. The van der Waals surface area contributed by atoms with Crippen LogP contribution >= 0.6 is 0 Å². The normalized spacial score (nSPS) is 10.8. The van der Waals surface area contributed by atoms with Crippen molar-refractivity contribution >= 4 is 46.7 Å². The number of hydrogen-bond acceptors (Lipinski definition) is 4. The van der Waals surface area contributed by atoms with Crippen molar-refractivity contribution in [2.45, 2.75) is 0 Å². The van der Waals surface area contributed by atoms with E-state index in [0.29, 0.717) is 17.1 Å². The molecule has 144 valence electrons. The fourth-order valence-corrected chi connectivity index (χ4v) is 5.40. The Morgan fingerprint density at radius 2 is 1.72 bits per heavy atom. The van der Waals surface area contributed by atoms with Gasteiger partial charge in [0.2, 0.25) is 0 Å². The van der Waals surface area contributed by atoms with E-state index in [9.17, 15) is 9.59 Å². The van der Waals surface area contributed by atoms with Crippen molar-refractivity contribution in [2.75, 3.05) is 7.05 Å². The Kier molecular flexibility index (Phi) is 5.12. The molecule has 0 radical (unpaired) electrons. The Labute approximate surface area is 173 Å². The molecule has 2 amide bonds. The van der Waals surface area contributed by atoms with Gasteiger partial charge in [-0.25, -0.2) is 0 Å². The second-order valence-corrected chi connectivity index (χ2v) is 8.38. The SMILES string of the molecule is CNC(=O)c1cccc2c1cc([Se]c1ccccc1C(N)=O)n2-c1ncccn1. The van der Waals surface area contributed by atoms with E-state index < -0.39 is 5.91 Å². The first-order chi connectivity index (χ1) is 14.1. The average Bonchev–Trinajstić information content (AvgIpc) is 3.12. The summed E-state index contributed by atoms with van der Waals surface area (Å²) in [7, 11) is 1.60. The molecule has 0 aliphatic carbocycles. The first kappa shape index (κ1) is 18.9. The number of nitrogens with zero attached hydrogens (tertiary/aromatic N) is 3. The molecule has 0 aliphatic heterocycles. The molecule has 3 N–H and O–H groups in total. The standard InChI is InChI=1S/C21H17N5O2Se/c1-23-20(28)13-7-4-8-16-15(13)12-18(26(16)21-24-10-5-11-25-21)29-17-9-3-2-6-14(17)19(22)27/h2-12H,1H3,(H2,22,27)(H,23,28). The van der Waals surface area contributed by atoms with Gasteiger partial charge >= 0.3 is 173 Å². The molecule has 0 saturated carbocycles. The zero-order valence-corrected chi connectivity index (χ0v) is 17.2. The summed E-state index contributed by atoms with van der Waals surface area (Å²) >= 11 is -0.274. The number of primary amides is 1. The Hall–Kier alpha value is -3.48. The van der Waals surface area contributed by atoms with E-state index in [-0.39, 0.29) is 20.9 Å². The van der Waals surface area contributed by atoms with E-state index in [1.165, 1.54) is 0 Å². The molecule has 7 nitrogen and oxygen atoms in total. The number of fused-ring (bicyclic) bond motifs is 1.